The maximum atomic E-state index is 10.4. The topological polar surface area (TPSA) is 115 Å². The zero-order chi connectivity index (χ0) is 9.72. The third-order valence-electron chi connectivity index (χ3n) is 1.31. The van der Waals surface area contributed by atoms with Crippen molar-refractivity contribution in [2.24, 2.45) is 0 Å². The van der Waals surface area contributed by atoms with E-state index >= 15 is 0 Å². The van der Waals surface area contributed by atoms with E-state index in [9.17, 15) is 9.59 Å². The molecule has 0 heterocycles. The summed E-state index contributed by atoms with van der Waals surface area (Å²) in [6, 6.07) is 0. The molecular formula is C6H10O6. The lowest BCUT2D eigenvalue weighted by Crippen LogP contribution is -2.44. The quantitative estimate of drug-likeness (QED) is 0.261. The lowest BCUT2D eigenvalue weighted by Gasteiger charge is -2.18. The molecule has 0 aromatic rings. The van der Waals surface area contributed by atoms with Crippen LogP contribution in [0.4, 0.5) is 0 Å². The van der Waals surface area contributed by atoms with Crippen molar-refractivity contribution in [3.05, 3.63) is 0 Å². The van der Waals surface area contributed by atoms with Gasteiger partial charge in [0.1, 0.15) is 18.3 Å². The Hall–Kier alpha value is -0.820. The van der Waals surface area contributed by atoms with Gasteiger partial charge in [-0.25, -0.2) is 0 Å². The second-order valence-corrected chi connectivity index (χ2v) is 2.21. The van der Waals surface area contributed by atoms with Gasteiger partial charge in [0.15, 0.2) is 6.29 Å². The smallest absolute Gasteiger partial charge is 0.226 e. The van der Waals surface area contributed by atoms with E-state index in [2.05, 4.69) is 0 Å². The van der Waals surface area contributed by atoms with Gasteiger partial charge in [-0.2, -0.15) is 0 Å². The molecule has 0 saturated carbocycles. The highest BCUT2D eigenvalue weighted by Crippen LogP contribution is 1.99. The Kier molecular flexibility index (Phi) is 4.60. The number of Topliss-reactive ketones (excluding diaryl/α,β-unsaturated/α-hetero) is 1. The van der Waals surface area contributed by atoms with Gasteiger partial charge in [0.2, 0.25) is 5.78 Å². The zero-order valence-corrected chi connectivity index (χ0v) is 6.12. The van der Waals surface area contributed by atoms with Gasteiger partial charge in [0, 0.05) is 0 Å². The van der Waals surface area contributed by atoms with Crippen LogP contribution in [0.2, 0.25) is 0 Å². The summed E-state index contributed by atoms with van der Waals surface area (Å²) in [6.07, 6.45) is -5.63. The Morgan fingerprint density at radius 2 is 1.83 bits per heavy atom. The molecular weight excluding hydrogens is 168 g/mol. The fraction of sp³-hybridized carbons (Fsp3) is 0.667. The first-order valence-electron chi connectivity index (χ1n) is 3.18. The first-order valence-corrected chi connectivity index (χ1v) is 3.18. The molecule has 12 heavy (non-hydrogen) atoms. The van der Waals surface area contributed by atoms with E-state index in [0.717, 1.165) is 0 Å². The van der Waals surface area contributed by atoms with Crippen LogP contribution in [0.3, 0.4) is 0 Å². The van der Waals surface area contributed by atoms with Crippen LogP contribution in [0.15, 0.2) is 0 Å². The van der Waals surface area contributed by atoms with Crippen molar-refractivity contribution >= 4 is 12.1 Å². The molecule has 3 atom stereocenters. The Bertz CT molecular complexity index is 167. The first-order chi connectivity index (χ1) is 5.54. The molecule has 0 aromatic heterocycles. The summed E-state index contributed by atoms with van der Waals surface area (Å²) in [5.74, 6) is -1.24. The third-order valence-corrected chi connectivity index (χ3v) is 1.31. The second-order valence-electron chi connectivity index (χ2n) is 2.21. The van der Waals surface area contributed by atoms with Crippen molar-refractivity contribution in [3.8, 4) is 0 Å². The number of aliphatic hydroxyl groups excluding tert-OH is 4. The summed E-state index contributed by atoms with van der Waals surface area (Å²) in [6.45, 7) is -0.801. The van der Waals surface area contributed by atoms with E-state index in [1.54, 1.807) is 0 Å². The van der Waals surface area contributed by atoms with Crippen molar-refractivity contribution in [2.45, 2.75) is 18.3 Å². The average Bonchev–Trinajstić information content (AvgIpc) is 2.12. The number of hydrogen-bond acceptors (Lipinski definition) is 6. The number of rotatable bonds is 5. The normalized spacial score (nSPS) is 18.0. The van der Waals surface area contributed by atoms with Gasteiger partial charge in [-0.15, -0.1) is 0 Å². The summed E-state index contributed by atoms with van der Waals surface area (Å²) >= 11 is 0. The SMILES string of the molecule is O=CC(=O)[C@@H](O)[C@H](O)[C@@H](O)CO. The van der Waals surface area contributed by atoms with E-state index in [-0.39, 0.29) is 6.29 Å². The fourth-order valence-corrected chi connectivity index (χ4v) is 0.556. The van der Waals surface area contributed by atoms with Crippen molar-refractivity contribution < 1.29 is 30.0 Å². The number of aliphatic hydroxyl groups is 4. The molecule has 6 nitrogen and oxygen atoms in total. The Morgan fingerprint density at radius 1 is 1.33 bits per heavy atom. The number of hydrogen-bond donors (Lipinski definition) is 4. The zero-order valence-electron chi connectivity index (χ0n) is 6.12. The summed E-state index contributed by atoms with van der Waals surface area (Å²) in [5, 5.41) is 34.6. The van der Waals surface area contributed by atoms with E-state index in [0.29, 0.717) is 0 Å². The summed E-state index contributed by atoms with van der Waals surface area (Å²) in [4.78, 5) is 20.2. The third kappa shape index (κ3) is 2.67. The summed E-state index contributed by atoms with van der Waals surface area (Å²) in [7, 11) is 0. The van der Waals surface area contributed by atoms with E-state index < -0.39 is 30.7 Å². The predicted molar refractivity (Wildman–Crippen MR) is 36.2 cm³/mol. The Balaban J connectivity index is 4.17. The van der Waals surface area contributed by atoms with Crippen LogP contribution in [0, 0.1) is 0 Å². The van der Waals surface area contributed by atoms with Crippen LogP contribution in [-0.2, 0) is 9.59 Å². The average molecular weight is 178 g/mol. The number of ketones is 1. The van der Waals surface area contributed by atoms with Gasteiger partial charge >= 0.3 is 0 Å². The highest BCUT2D eigenvalue weighted by atomic mass is 16.4. The fourth-order valence-electron chi connectivity index (χ4n) is 0.556. The predicted octanol–water partition coefficient (Wildman–Crippen LogP) is -3.17. The molecule has 0 amide bonds. The highest BCUT2D eigenvalue weighted by Gasteiger charge is 2.29. The minimum absolute atomic E-state index is 0.169. The van der Waals surface area contributed by atoms with Gasteiger partial charge in [-0.1, -0.05) is 0 Å². The first kappa shape index (κ1) is 11.2. The van der Waals surface area contributed by atoms with E-state index in [1.165, 1.54) is 0 Å². The monoisotopic (exact) mass is 178 g/mol. The number of aldehydes is 1. The minimum Gasteiger partial charge on any atom is -0.394 e. The molecule has 4 N–H and O–H groups in total. The highest BCUT2D eigenvalue weighted by molar-refractivity contribution is 6.27. The molecule has 0 rings (SSSR count). The van der Waals surface area contributed by atoms with Crippen molar-refractivity contribution in [1.82, 2.24) is 0 Å². The molecule has 0 saturated heterocycles. The Labute approximate surface area is 68.1 Å². The van der Waals surface area contributed by atoms with Crippen LogP contribution in [-0.4, -0.2) is 57.4 Å². The van der Waals surface area contributed by atoms with Gasteiger partial charge in [0.05, 0.1) is 6.61 Å². The minimum atomic E-state index is -1.98. The lowest BCUT2D eigenvalue weighted by molar-refractivity contribution is -0.145. The molecule has 0 spiro atoms. The van der Waals surface area contributed by atoms with E-state index in [1.807, 2.05) is 0 Å². The molecule has 0 aliphatic heterocycles. The largest absolute Gasteiger partial charge is 0.394 e. The van der Waals surface area contributed by atoms with Gasteiger partial charge in [-0.05, 0) is 0 Å². The van der Waals surface area contributed by atoms with Crippen LogP contribution < -0.4 is 0 Å². The molecule has 0 aromatic carbocycles. The number of carbonyl (C=O) groups is 2. The molecule has 0 aliphatic carbocycles. The van der Waals surface area contributed by atoms with Crippen LogP contribution in [0.25, 0.3) is 0 Å². The van der Waals surface area contributed by atoms with Crippen LogP contribution in [0.1, 0.15) is 0 Å². The molecule has 0 unspecified atom stereocenters. The van der Waals surface area contributed by atoms with Crippen molar-refractivity contribution in [2.75, 3.05) is 6.61 Å². The summed E-state index contributed by atoms with van der Waals surface area (Å²) < 4.78 is 0. The maximum absolute atomic E-state index is 10.4. The lowest BCUT2D eigenvalue weighted by atomic mass is 10.1. The molecule has 0 fully saturated rings. The Morgan fingerprint density at radius 3 is 2.17 bits per heavy atom. The molecule has 70 valence electrons. The van der Waals surface area contributed by atoms with E-state index in [4.69, 9.17) is 20.4 Å². The second kappa shape index (κ2) is 4.94. The van der Waals surface area contributed by atoms with Crippen molar-refractivity contribution in [1.29, 1.82) is 0 Å². The molecule has 0 bridgehead atoms. The van der Waals surface area contributed by atoms with Gasteiger partial charge in [-0.3, -0.25) is 9.59 Å². The molecule has 0 aliphatic rings. The van der Waals surface area contributed by atoms with Gasteiger partial charge in [0.25, 0.3) is 0 Å². The van der Waals surface area contributed by atoms with Crippen molar-refractivity contribution in [3.63, 3.8) is 0 Å². The van der Waals surface area contributed by atoms with Crippen LogP contribution >= 0.6 is 0 Å². The van der Waals surface area contributed by atoms with Gasteiger partial charge < -0.3 is 20.4 Å². The number of carbonyl (C=O) groups excluding carboxylic acids is 2. The van der Waals surface area contributed by atoms with Crippen LogP contribution in [0.5, 0.6) is 0 Å². The maximum Gasteiger partial charge on any atom is 0.226 e. The molecule has 0 radical (unpaired) electrons. The summed E-state index contributed by atoms with van der Waals surface area (Å²) in [5.41, 5.74) is 0. The molecule has 6 heteroatoms. The standard InChI is InChI=1S/C6H10O6/c7-1-3(9)5(11)6(12)4(10)2-8/h1,4-6,8,10-12H,2H2/t4-,5+,6+/m0/s1.